The number of anilines is 1. The Labute approximate surface area is 240 Å². The molecule has 0 bridgehead atoms. The topological polar surface area (TPSA) is 90.0 Å². The first-order valence-electron chi connectivity index (χ1n) is 13.4. The predicted molar refractivity (Wildman–Crippen MR) is 143 cm³/mol. The van der Waals surface area contributed by atoms with Crippen molar-refractivity contribution in [3.8, 4) is 0 Å². The summed E-state index contributed by atoms with van der Waals surface area (Å²) in [6.45, 7) is 6.15. The van der Waals surface area contributed by atoms with E-state index in [0.717, 1.165) is 47.4 Å². The summed E-state index contributed by atoms with van der Waals surface area (Å²) in [7, 11) is -4.50. The third kappa shape index (κ3) is 5.13. The second-order valence-electron chi connectivity index (χ2n) is 11.7. The number of benzene rings is 2. The molecule has 42 heavy (non-hydrogen) atoms. The van der Waals surface area contributed by atoms with E-state index in [2.05, 4.69) is 0 Å². The van der Waals surface area contributed by atoms with Crippen molar-refractivity contribution in [3.05, 3.63) is 59.4 Å². The Morgan fingerprint density at radius 2 is 1.64 bits per heavy atom. The molecule has 0 N–H and O–H groups in total. The minimum Gasteiger partial charge on any atom is -0.466 e. The Balaban J connectivity index is 2.04. The quantitative estimate of drug-likeness (QED) is 0.214. The number of esters is 1. The van der Waals surface area contributed by atoms with Crippen LogP contribution < -0.4 is 4.90 Å². The molecular formula is C29H32F5NO6S. The number of halogens is 5. The third-order valence-electron chi connectivity index (χ3n) is 7.92. The number of hydrogen-bond acceptors (Lipinski definition) is 6. The molecular weight excluding hydrogens is 585 g/mol. The average Bonchev–Trinajstić information content (AvgIpc) is 3.28. The van der Waals surface area contributed by atoms with Gasteiger partial charge in [-0.25, -0.2) is 22.0 Å². The maximum Gasteiger partial charge on any atom is 0.426 e. The smallest absolute Gasteiger partial charge is 0.426 e. The maximum atomic E-state index is 15.2. The van der Waals surface area contributed by atoms with Crippen molar-refractivity contribution >= 4 is 27.6 Å². The van der Waals surface area contributed by atoms with Crippen LogP contribution in [-0.4, -0.2) is 45.4 Å². The molecule has 2 aromatic rings. The Morgan fingerprint density at radius 1 is 1.02 bits per heavy atom. The average molecular weight is 618 g/mol. The van der Waals surface area contributed by atoms with Gasteiger partial charge in [-0.1, -0.05) is 12.1 Å². The zero-order valence-corrected chi connectivity index (χ0v) is 24.5. The fourth-order valence-electron chi connectivity index (χ4n) is 5.88. The van der Waals surface area contributed by atoms with E-state index in [1.807, 2.05) is 0 Å². The van der Waals surface area contributed by atoms with Gasteiger partial charge in [0.05, 0.1) is 23.1 Å². The molecule has 0 saturated heterocycles. The Morgan fingerprint density at radius 3 is 2.19 bits per heavy atom. The zero-order chi connectivity index (χ0) is 31.5. The summed E-state index contributed by atoms with van der Waals surface area (Å²) >= 11 is 0. The van der Waals surface area contributed by atoms with Crippen molar-refractivity contribution < 1.29 is 49.4 Å². The Hall–Kier alpha value is -3.22. The molecule has 230 valence electrons. The number of fused-ring (bicyclic) bond motifs is 3. The molecule has 2 aliphatic rings. The molecule has 4 rings (SSSR count). The fraction of sp³-hybridized carbons (Fsp3) is 0.517. The van der Waals surface area contributed by atoms with E-state index in [1.165, 1.54) is 0 Å². The van der Waals surface area contributed by atoms with E-state index in [0.29, 0.717) is 6.92 Å². The van der Waals surface area contributed by atoms with Crippen molar-refractivity contribution in [2.45, 2.75) is 74.5 Å². The summed E-state index contributed by atoms with van der Waals surface area (Å²) in [5.41, 5.74) is -6.14. The van der Waals surface area contributed by atoms with E-state index < -0.39 is 73.9 Å². The molecule has 1 aliphatic carbocycles. The van der Waals surface area contributed by atoms with Crippen LogP contribution in [0, 0.1) is 17.7 Å². The highest BCUT2D eigenvalue weighted by Crippen LogP contribution is 2.60. The van der Waals surface area contributed by atoms with Crippen LogP contribution in [0.2, 0.25) is 0 Å². The molecule has 0 spiro atoms. The van der Waals surface area contributed by atoms with E-state index in [-0.39, 0.29) is 35.6 Å². The lowest BCUT2D eigenvalue weighted by Crippen LogP contribution is -2.54. The second kappa shape index (κ2) is 10.5. The summed E-state index contributed by atoms with van der Waals surface area (Å²) < 4.78 is 108. The van der Waals surface area contributed by atoms with Crippen molar-refractivity contribution in [1.29, 1.82) is 0 Å². The number of sulfone groups is 1. The summed E-state index contributed by atoms with van der Waals surface area (Å²) in [4.78, 5) is 27.2. The van der Waals surface area contributed by atoms with E-state index in [1.54, 1.807) is 27.7 Å². The van der Waals surface area contributed by atoms with Gasteiger partial charge in [0.1, 0.15) is 16.2 Å². The van der Waals surface area contributed by atoms with E-state index in [4.69, 9.17) is 9.47 Å². The van der Waals surface area contributed by atoms with Crippen LogP contribution in [0.4, 0.5) is 32.4 Å². The number of alkyl halides is 4. The molecule has 7 nitrogen and oxygen atoms in total. The SMILES string of the molecule is CCOC(=O)[C@@H]1CC[C@@]2(S(=O)(=O)c3ccc(F)cc3)c3ccc(C(C)(F)C(F)(F)F)cc3N(C(=O)OC(C)(C)C)C[C@@H]12. The minimum absolute atomic E-state index is 0.00200. The van der Waals surface area contributed by atoms with Crippen molar-refractivity contribution in [2.75, 3.05) is 18.1 Å². The number of amides is 1. The van der Waals surface area contributed by atoms with Gasteiger partial charge in [0.2, 0.25) is 5.67 Å². The van der Waals surface area contributed by atoms with Gasteiger partial charge in [-0.2, -0.15) is 13.2 Å². The van der Waals surface area contributed by atoms with Gasteiger partial charge in [-0.15, -0.1) is 0 Å². The van der Waals surface area contributed by atoms with Crippen LogP contribution in [0.15, 0.2) is 47.4 Å². The third-order valence-corrected chi connectivity index (χ3v) is 10.5. The first kappa shape index (κ1) is 31.7. The minimum atomic E-state index is -5.32. The molecule has 0 aromatic heterocycles. The van der Waals surface area contributed by atoms with Crippen LogP contribution in [0.25, 0.3) is 0 Å². The van der Waals surface area contributed by atoms with Gasteiger partial charge >= 0.3 is 18.2 Å². The van der Waals surface area contributed by atoms with Crippen LogP contribution in [0.1, 0.15) is 58.6 Å². The van der Waals surface area contributed by atoms with Gasteiger partial charge in [0.25, 0.3) is 0 Å². The summed E-state index contributed by atoms with van der Waals surface area (Å²) in [5, 5.41) is 0. The first-order valence-corrected chi connectivity index (χ1v) is 14.8. The number of rotatable bonds is 5. The monoisotopic (exact) mass is 617 g/mol. The largest absolute Gasteiger partial charge is 0.466 e. The lowest BCUT2D eigenvalue weighted by molar-refractivity contribution is -0.228. The lowest BCUT2D eigenvalue weighted by atomic mass is 9.78. The van der Waals surface area contributed by atoms with Crippen LogP contribution in [-0.2, 0) is 34.5 Å². The number of nitrogens with zero attached hydrogens (tertiary/aromatic N) is 1. The Kier molecular flexibility index (Phi) is 7.92. The van der Waals surface area contributed by atoms with Crippen LogP contribution in [0.3, 0.4) is 0 Å². The molecule has 0 radical (unpaired) electrons. The van der Waals surface area contributed by atoms with Crippen molar-refractivity contribution in [3.63, 3.8) is 0 Å². The Bertz CT molecular complexity index is 1480. The first-order chi connectivity index (χ1) is 19.3. The standard InChI is InChI=1S/C29H32F5NO6S/c1-6-40-24(36)20-13-14-28(42(38,39)19-10-8-18(30)9-11-19)21-12-7-17(27(5,31)29(32,33)34)15-23(21)35(16-22(20)28)25(37)41-26(2,3)4/h7-12,15,20,22H,6,13-14,16H2,1-5H3/t20-,22+,27?,28-/m1/s1. The number of carbonyl (C=O) groups is 2. The molecule has 4 atom stereocenters. The van der Waals surface area contributed by atoms with Crippen LogP contribution >= 0.6 is 0 Å². The highest BCUT2D eigenvalue weighted by molar-refractivity contribution is 7.92. The van der Waals surface area contributed by atoms with Gasteiger partial charge in [0.15, 0.2) is 9.84 Å². The molecule has 1 amide bonds. The molecule has 1 saturated carbocycles. The van der Waals surface area contributed by atoms with E-state index >= 15 is 4.39 Å². The van der Waals surface area contributed by atoms with Gasteiger partial charge in [0, 0.05) is 18.0 Å². The summed E-state index contributed by atoms with van der Waals surface area (Å²) in [6, 6.07) is 6.73. The van der Waals surface area contributed by atoms with E-state index in [9.17, 15) is 35.6 Å². The molecule has 1 unspecified atom stereocenters. The fourth-order valence-corrected chi connectivity index (χ4v) is 8.28. The van der Waals surface area contributed by atoms with Crippen molar-refractivity contribution in [1.82, 2.24) is 0 Å². The molecule has 1 fully saturated rings. The normalized spacial score (nSPS) is 23.9. The highest BCUT2D eigenvalue weighted by atomic mass is 32.2. The summed E-state index contributed by atoms with van der Waals surface area (Å²) in [6.07, 6.45) is -6.50. The molecule has 1 heterocycles. The molecule has 13 heteroatoms. The molecule has 1 aliphatic heterocycles. The molecule has 2 aromatic carbocycles. The second-order valence-corrected chi connectivity index (χ2v) is 13.9. The van der Waals surface area contributed by atoms with Gasteiger partial charge in [-0.05, 0) is 83.4 Å². The van der Waals surface area contributed by atoms with Gasteiger partial charge < -0.3 is 9.47 Å². The van der Waals surface area contributed by atoms with Crippen LogP contribution in [0.5, 0.6) is 0 Å². The zero-order valence-electron chi connectivity index (χ0n) is 23.7. The van der Waals surface area contributed by atoms with Crippen molar-refractivity contribution in [2.24, 2.45) is 11.8 Å². The number of ether oxygens (including phenoxy) is 2. The summed E-state index contributed by atoms with van der Waals surface area (Å²) in [5.74, 6) is -3.54. The predicted octanol–water partition coefficient (Wildman–Crippen LogP) is 6.59. The van der Waals surface area contributed by atoms with Gasteiger partial charge in [-0.3, -0.25) is 9.69 Å². The number of hydrogen-bond donors (Lipinski definition) is 0. The lowest BCUT2D eigenvalue weighted by Gasteiger charge is -2.46. The number of carbonyl (C=O) groups excluding carboxylic acids is 2. The maximum absolute atomic E-state index is 15.2. The highest BCUT2D eigenvalue weighted by Gasteiger charge is 2.64.